The number of carboxylic acid groups (broad SMARTS) is 1. The number of hydrogen-bond acceptors (Lipinski definition) is 5. The molecule has 0 amide bonds. The largest absolute Gasteiger partial charge is 0.478 e. The van der Waals surface area contributed by atoms with E-state index in [4.69, 9.17) is 9.47 Å². The molecule has 7 nitrogen and oxygen atoms in total. The number of aliphatic carboxylic acids is 1. The minimum Gasteiger partial charge on any atom is -0.478 e. The molecule has 0 atom stereocenters. The van der Waals surface area contributed by atoms with Crippen LogP contribution in [-0.4, -0.2) is 22.8 Å². The van der Waals surface area contributed by atoms with Gasteiger partial charge in [0.1, 0.15) is 0 Å². The van der Waals surface area contributed by atoms with E-state index in [0.29, 0.717) is 11.3 Å². The Morgan fingerprint density at radius 3 is 2.43 bits per heavy atom. The van der Waals surface area contributed by atoms with Crippen molar-refractivity contribution in [1.82, 2.24) is 0 Å². The standard InChI is InChI=1S/C16H11NO6/c18-16(19)12(10-4-2-1-3-5-10)6-11-7-14-15(23-9-22-14)8-13(11)17(20)21/h1-8H,9H2,(H,18,19)/b12-6+. The Morgan fingerprint density at radius 2 is 1.83 bits per heavy atom. The van der Waals surface area contributed by atoms with Crippen molar-refractivity contribution in [2.24, 2.45) is 0 Å². The number of hydrogen-bond donors (Lipinski definition) is 1. The van der Waals surface area contributed by atoms with Gasteiger partial charge in [-0.05, 0) is 17.7 Å². The third-order valence-electron chi connectivity index (χ3n) is 3.33. The van der Waals surface area contributed by atoms with E-state index in [-0.39, 0.29) is 29.4 Å². The molecule has 1 heterocycles. The Morgan fingerprint density at radius 1 is 1.17 bits per heavy atom. The molecule has 0 bridgehead atoms. The lowest BCUT2D eigenvalue weighted by Gasteiger charge is -2.05. The number of benzene rings is 2. The zero-order chi connectivity index (χ0) is 16.4. The summed E-state index contributed by atoms with van der Waals surface area (Å²) in [6.45, 7) is -0.0237. The van der Waals surface area contributed by atoms with Gasteiger partial charge in [0.15, 0.2) is 11.5 Å². The smallest absolute Gasteiger partial charge is 0.336 e. The molecule has 1 N–H and O–H groups in total. The van der Waals surface area contributed by atoms with Gasteiger partial charge in [0.05, 0.1) is 22.1 Å². The average molecular weight is 313 g/mol. The van der Waals surface area contributed by atoms with Crippen LogP contribution < -0.4 is 9.47 Å². The SMILES string of the molecule is O=C(O)/C(=C/c1cc2c(cc1[N+](=O)[O-])OCO2)c1ccccc1. The van der Waals surface area contributed by atoms with Crippen molar-refractivity contribution in [1.29, 1.82) is 0 Å². The number of carboxylic acids is 1. The van der Waals surface area contributed by atoms with E-state index in [0.717, 1.165) is 0 Å². The zero-order valence-electron chi connectivity index (χ0n) is 11.8. The third kappa shape index (κ3) is 2.84. The molecule has 0 saturated heterocycles. The lowest BCUT2D eigenvalue weighted by atomic mass is 10.0. The molecule has 2 aromatic rings. The summed E-state index contributed by atoms with van der Waals surface area (Å²) in [6, 6.07) is 11.0. The quantitative estimate of drug-likeness (QED) is 0.403. The second-order valence-electron chi connectivity index (χ2n) is 4.75. The first-order chi connectivity index (χ1) is 11.1. The van der Waals surface area contributed by atoms with Gasteiger partial charge in [-0.15, -0.1) is 0 Å². The third-order valence-corrected chi connectivity index (χ3v) is 3.33. The number of nitro groups is 1. The minimum atomic E-state index is -1.18. The predicted molar refractivity (Wildman–Crippen MR) is 81.2 cm³/mol. The summed E-state index contributed by atoms with van der Waals surface area (Å²) in [5.74, 6) is -0.562. The fraction of sp³-hybridized carbons (Fsp3) is 0.0625. The predicted octanol–water partition coefficient (Wildman–Crippen LogP) is 2.95. The van der Waals surface area contributed by atoms with Gasteiger partial charge in [0.25, 0.3) is 5.69 Å². The summed E-state index contributed by atoms with van der Waals surface area (Å²) in [5, 5.41) is 20.7. The number of nitrogens with zero attached hydrogens (tertiary/aromatic N) is 1. The van der Waals surface area contributed by atoms with Gasteiger partial charge >= 0.3 is 5.97 Å². The van der Waals surface area contributed by atoms with Crippen molar-refractivity contribution < 1.29 is 24.3 Å². The van der Waals surface area contributed by atoms with Gasteiger partial charge in [-0.1, -0.05) is 30.3 Å². The summed E-state index contributed by atoms with van der Waals surface area (Å²) in [6.07, 6.45) is 1.26. The van der Waals surface area contributed by atoms with Crippen molar-refractivity contribution >= 4 is 23.3 Å². The maximum Gasteiger partial charge on any atom is 0.336 e. The number of nitro benzene ring substituents is 1. The van der Waals surface area contributed by atoms with Crippen LogP contribution in [0.2, 0.25) is 0 Å². The van der Waals surface area contributed by atoms with Crippen LogP contribution in [0.3, 0.4) is 0 Å². The number of ether oxygens (including phenoxy) is 2. The van der Waals surface area contributed by atoms with Gasteiger partial charge in [-0.2, -0.15) is 0 Å². The fourth-order valence-electron chi connectivity index (χ4n) is 2.26. The molecule has 0 aliphatic carbocycles. The summed E-state index contributed by atoms with van der Waals surface area (Å²) in [4.78, 5) is 22.2. The van der Waals surface area contributed by atoms with E-state index in [1.165, 1.54) is 18.2 Å². The molecule has 2 aromatic carbocycles. The number of rotatable bonds is 4. The second-order valence-corrected chi connectivity index (χ2v) is 4.75. The van der Waals surface area contributed by atoms with Crippen LogP contribution in [0.1, 0.15) is 11.1 Å². The Labute approximate surface area is 130 Å². The van der Waals surface area contributed by atoms with Crippen LogP contribution >= 0.6 is 0 Å². The van der Waals surface area contributed by atoms with Crippen molar-refractivity contribution in [3.05, 3.63) is 63.7 Å². The molecule has 116 valence electrons. The lowest BCUT2D eigenvalue weighted by molar-refractivity contribution is -0.385. The van der Waals surface area contributed by atoms with Gasteiger partial charge in [-0.25, -0.2) is 4.79 Å². The molecule has 0 saturated carbocycles. The summed E-state index contributed by atoms with van der Waals surface area (Å²) in [7, 11) is 0. The zero-order valence-corrected chi connectivity index (χ0v) is 11.8. The molecule has 3 rings (SSSR count). The number of carbonyl (C=O) groups is 1. The molecule has 1 aliphatic heterocycles. The van der Waals surface area contributed by atoms with Crippen molar-refractivity contribution in [3.63, 3.8) is 0 Å². The van der Waals surface area contributed by atoms with Crippen LogP contribution in [0, 0.1) is 10.1 Å². The summed E-state index contributed by atoms with van der Waals surface area (Å²) < 4.78 is 10.3. The van der Waals surface area contributed by atoms with E-state index in [1.807, 2.05) is 0 Å². The molecule has 0 aromatic heterocycles. The number of fused-ring (bicyclic) bond motifs is 1. The van der Waals surface area contributed by atoms with Gasteiger partial charge in [0, 0.05) is 0 Å². The molecule has 1 aliphatic rings. The van der Waals surface area contributed by atoms with Crippen LogP contribution in [0.4, 0.5) is 5.69 Å². The molecular weight excluding hydrogens is 302 g/mol. The molecule has 0 fully saturated rings. The highest BCUT2D eigenvalue weighted by molar-refractivity contribution is 6.21. The van der Waals surface area contributed by atoms with E-state index >= 15 is 0 Å². The fourth-order valence-corrected chi connectivity index (χ4v) is 2.26. The van der Waals surface area contributed by atoms with Crippen LogP contribution in [0.25, 0.3) is 11.6 Å². The summed E-state index contributed by atoms with van der Waals surface area (Å²) in [5.41, 5.74) is 0.295. The Hall–Kier alpha value is -3.35. The maximum atomic E-state index is 11.5. The molecular formula is C16H11NO6. The lowest BCUT2D eigenvalue weighted by Crippen LogP contribution is -2.00. The van der Waals surface area contributed by atoms with Gasteiger partial charge in [-0.3, -0.25) is 10.1 Å². The van der Waals surface area contributed by atoms with E-state index in [9.17, 15) is 20.0 Å². The Bertz CT molecular complexity index is 813. The first-order valence-electron chi connectivity index (χ1n) is 6.64. The highest BCUT2D eigenvalue weighted by atomic mass is 16.7. The maximum absolute atomic E-state index is 11.5. The van der Waals surface area contributed by atoms with Crippen molar-refractivity contribution in [2.75, 3.05) is 6.79 Å². The van der Waals surface area contributed by atoms with Crippen LogP contribution in [-0.2, 0) is 4.79 Å². The first kappa shape index (κ1) is 14.6. The van der Waals surface area contributed by atoms with Crippen LogP contribution in [0.5, 0.6) is 11.5 Å². The molecule has 23 heavy (non-hydrogen) atoms. The highest BCUT2D eigenvalue weighted by Gasteiger charge is 2.23. The molecule has 0 radical (unpaired) electrons. The topological polar surface area (TPSA) is 98.9 Å². The summed E-state index contributed by atoms with van der Waals surface area (Å²) >= 11 is 0. The Balaban J connectivity index is 2.16. The molecule has 0 unspecified atom stereocenters. The van der Waals surface area contributed by atoms with Crippen LogP contribution in [0.15, 0.2) is 42.5 Å². The van der Waals surface area contributed by atoms with E-state index in [2.05, 4.69) is 0 Å². The van der Waals surface area contributed by atoms with Crippen molar-refractivity contribution in [3.8, 4) is 11.5 Å². The molecule has 7 heteroatoms. The Kier molecular flexibility index (Phi) is 3.68. The second kappa shape index (κ2) is 5.80. The molecule has 0 spiro atoms. The van der Waals surface area contributed by atoms with Gasteiger partial charge in [0.2, 0.25) is 6.79 Å². The minimum absolute atomic E-state index is 0.0237. The van der Waals surface area contributed by atoms with E-state index < -0.39 is 10.9 Å². The van der Waals surface area contributed by atoms with Gasteiger partial charge < -0.3 is 14.6 Å². The first-order valence-corrected chi connectivity index (χ1v) is 6.64. The normalized spacial score (nSPS) is 13.0. The average Bonchev–Trinajstić information content (AvgIpc) is 2.99. The van der Waals surface area contributed by atoms with Crippen molar-refractivity contribution in [2.45, 2.75) is 0 Å². The monoisotopic (exact) mass is 313 g/mol. The highest BCUT2D eigenvalue weighted by Crippen LogP contribution is 2.39. The van der Waals surface area contributed by atoms with E-state index in [1.54, 1.807) is 30.3 Å².